The van der Waals surface area contributed by atoms with Crippen LogP contribution in [0.2, 0.25) is 0 Å². The van der Waals surface area contributed by atoms with E-state index in [1.54, 1.807) is 6.20 Å². The van der Waals surface area contributed by atoms with E-state index in [9.17, 15) is 5.11 Å². The molecule has 0 radical (unpaired) electrons. The highest BCUT2D eigenvalue weighted by Crippen LogP contribution is 2.09. The highest BCUT2D eigenvalue weighted by Gasteiger charge is 2.16. The molecule has 4 nitrogen and oxygen atoms in total. The molecular formula is C14H23N3O. The molecular weight excluding hydrogens is 226 g/mol. The van der Waals surface area contributed by atoms with Gasteiger partial charge in [-0.3, -0.25) is 4.98 Å². The number of aromatic nitrogens is 1. The summed E-state index contributed by atoms with van der Waals surface area (Å²) in [5.41, 5.74) is 1.02. The molecule has 0 amide bonds. The summed E-state index contributed by atoms with van der Waals surface area (Å²) in [6.45, 7) is 5.74. The summed E-state index contributed by atoms with van der Waals surface area (Å²) in [4.78, 5) is 6.64. The van der Waals surface area contributed by atoms with Crippen molar-refractivity contribution in [2.45, 2.75) is 31.9 Å². The molecule has 1 unspecified atom stereocenters. The summed E-state index contributed by atoms with van der Waals surface area (Å²) >= 11 is 0. The highest BCUT2D eigenvalue weighted by atomic mass is 16.3. The van der Waals surface area contributed by atoms with Gasteiger partial charge in [-0.1, -0.05) is 6.07 Å². The summed E-state index contributed by atoms with van der Waals surface area (Å²) in [5.74, 6) is 0. The number of β-amino-alcohol motifs (C(OH)–C–C–N with tert-alkyl or cyclic N) is 1. The maximum atomic E-state index is 9.98. The van der Waals surface area contributed by atoms with Crippen molar-refractivity contribution in [2.75, 3.05) is 26.2 Å². The number of likely N-dealkylation sites (tertiary alicyclic amines) is 1. The molecule has 2 N–H and O–H groups in total. The second-order valence-electron chi connectivity index (χ2n) is 5.05. The Morgan fingerprint density at radius 2 is 2.17 bits per heavy atom. The summed E-state index contributed by atoms with van der Waals surface area (Å²) in [7, 11) is 0. The van der Waals surface area contributed by atoms with Gasteiger partial charge in [0.25, 0.3) is 0 Å². The standard InChI is InChI=1S/C14H23N3O/c1-12(14-6-2-3-7-15-14)16-10-13(18)11-17-8-4-5-9-17/h2-3,6-7,12-13,16,18H,4-5,8-11H2,1H3/t12-,13?/m0/s1. The quantitative estimate of drug-likeness (QED) is 0.795. The van der Waals surface area contributed by atoms with Gasteiger partial charge in [0.15, 0.2) is 0 Å². The van der Waals surface area contributed by atoms with Gasteiger partial charge < -0.3 is 15.3 Å². The van der Waals surface area contributed by atoms with E-state index < -0.39 is 0 Å². The van der Waals surface area contributed by atoms with Crippen molar-refractivity contribution in [1.29, 1.82) is 0 Å². The Morgan fingerprint density at radius 3 is 2.83 bits per heavy atom. The molecule has 1 aromatic rings. The van der Waals surface area contributed by atoms with Crippen LogP contribution in [-0.4, -0.2) is 47.3 Å². The van der Waals surface area contributed by atoms with Crippen LogP contribution in [0.4, 0.5) is 0 Å². The van der Waals surface area contributed by atoms with Gasteiger partial charge in [0.05, 0.1) is 11.8 Å². The Bertz CT molecular complexity index is 338. The Balaban J connectivity index is 1.70. The van der Waals surface area contributed by atoms with Crippen LogP contribution in [0.25, 0.3) is 0 Å². The lowest BCUT2D eigenvalue weighted by molar-refractivity contribution is 0.121. The van der Waals surface area contributed by atoms with Crippen molar-refractivity contribution in [3.63, 3.8) is 0 Å². The van der Waals surface area contributed by atoms with E-state index in [-0.39, 0.29) is 12.1 Å². The Morgan fingerprint density at radius 1 is 1.39 bits per heavy atom. The van der Waals surface area contributed by atoms with E-state index in [2.05, 4.69) is 22.1 Å². The van der Waals surface area contributed by atoms with Gasteiger partial charge in [0, 0.05) is 25.3 Å². The third-order valence-corrected chi connectivity index (χ3v) is 3.46. The molecule has 1 saturated heterocycles. The van der Waals surface area contributed by atoms with Crippen LogP contribution in [0.5, 0.6) is 0 Å². The van der Waals surface area contributed by atoms with Gasteiger partial charge in [-0.2, -0.15) is 0 Å². The monoisotopic (exact) mass is 249 g/mol. The normalized spacial score (nSPS) is 19.9. The average Bonchev–Trinajstić information content (AvgIpc) is 2.90. The van der Waals surface area contributed by atoms with Gasteiger partial charge in [-0.05, 0) is 45.0 Å². The number of hydrogen-bond donors (Lipinski definition) is 2. The zero-order chi connectivity index (χ0) is 12.8. The topological polar surface area (TPSA) is 48.4 Å². The molecule has 0 aromatic carbocycles. The van der Waals surface area contributed by atoms with E-state index in [0.29, 0.717) is 6.54 Å². The van der Waals surface area contributed by atoms with Gasteiger partial charge in [-0.25, -0.2) is 0 Å². The van der Waals surface area contributed by atoms with Gasteiger partial charge >= 0.3 is 0 Å². The van der Waals surface area contributed by atoms with Gasteiger partial charge in [0.2, 0.25) is 0 Å². The van der Waals surface area contributed by atoms with Crippen LogP contribution in [-0.2, 0) is 0 Å². The first-order valence-electron chi connectivity index (χ1n) is 6.80. The van der Waals surface area contributed by atoms with E-state index in [4.69, 9.17) is 0 Å². The lowest BCUT2D eigenvalue weighted by atomic mass is 10.2. The number of aliphatic hydroxyl groups is 1. The van der Waals surface area contributed by atoms with E-state index in [0.717, 1.165) is 25.3 Å². The lowest BCUT2D eigenvalue weighted by Crippen LogP contribution is -2.37. The predicted octanol–water partition coefficient (Wildman–Crippen LogP) is 1.19. The highest BCUT2D eigenvalue weighted by molar-refractivity contribution is 5.07. The SMILES string of the molecule is C[C@H](NCC(O)CN1CCCC1)c1ccccn1. The largest absolute Gasteiger partial charge is 0.390 e. The number of nitrogens with one attached hydrogen (secondary N) is 1. The second-order valence-corrected chi connectivity index (χ2v) is 5.05. The zero-order valence-electron chi connectivity index (χ0n) is 11.0. The van der Waals surface area contributed by atoms with E-state index in [1.165, 1.54) is 12.8 Å². The van der Waals surface area contributed by atoms with E-state index in [1.807, 2.05) is 18.2 Å². The molecule has 1 aliphatic rings. The molecule has 100 valence electrons. The Hall–Kier alpha value is -0.970. The number of nitrogens with zero attached hydrogens (tertiary/aromatic N) is 2. The van der Waals surface area contributed by atoms with Crippen LogP contribution in [0.1, 0.15) is 31.5 Å². The average molecular weight is 249 g/mol. The fourth-order valence-electron chi connectivity index (χ4n) is 2.38. The molecule has 4 heteroatoms. The summed E-state index contributed by atoms with van der Waals surface area (Å²) < 4.78 is 0. The maximum absolute atomic E-state index is 9.98. The number of hydrogen-bond acceptors (Lipinski definition) is 4. The van der Waals surface area contributed by atoms with E-state index >= 15 is 0 Å². The number of rotatable bonds is 6. The smallest absolute Gasteiger partial charge is 0.0791 e. The number of pyridine rings is 1. The third-order valence-electron chi connectivity index (χ3n) is 3.46. The van der Waals surface area contributed by atoms with Crippen molar-refractivity contribution in [1.82, 2.24) is 15.2 Å². The molecule has 1 aromatic heterocycles. The van der Waals surface area contributed by atoms with Crippen LogP contribution in [0.15, 0.2) is 24.4 Å². The fraction of sp³-hybridized carbons (Fsp3) is 0.643. The summed E-state index contributed by atoms with van der Waals surface area (Å²) in [5, 5.41) is 13.3. The third kappa shape index (κ3) is 4.05. The van der Waals surface area contributed by atoms with Gasteiger partial charge in [-0.15, -0.1) is 0 Å². The first-order valence-corrected chi connectivity index (χ1v) is 6.80. The van der Waals surface area contributed by atoms with Crippen LogP contribution < -0.4 is 5.32 Å². The molecule has 0 bridgehead atoms. The molecule has 0 spiro atoms. The fourth-order valence-corrected chi connectivity index (χ4v) is 2.38. The second kappa shape index (κ2) is 6.83. The molecule has 18 heavy (non-hydrogen) atoms. The molecule has 0 saturated carbocycles. The van der Waals surface area contributed by atoms with Crippen LogP contribution in [0, 0.1) is 0 Å². The van der Waals surface area contributed by atoms with Crippen molar-refractivity contribution in [2.24, 2.45) is 0 Å². The number of aliphatic hydroxyl groups excluding tert-OH is 1. The predicted molar refractivity (Wildman–Crippen MR) is 72.3 cm³/mol. The lowest BCUT2D eigenvalue weighted by Gasteiger charge is -2.21. The minimum Gasteiger partial charge on any atom is -0.390 e. The van der Waals surface area contributed by atoms with Crippen molar-refractivity contribution in [3.05, 3.63) is 30.1 Å². The van der Waals surface area contributed by atoms with Crippen LogP contribution in [0.3, 0.4) is 0 Å². The minimum atomic E-state index is -0.297. The van der Waals surface area contributed by atoms with Crippen molar-refractivity contribution < 1.29 is 5.11 Å². The first-order chi connectivity index (χ1) is 8.75. The first kappa shape index (κ1) is 13.5. The van der Waals surface area contributed by atoms with Crippen molar-refractivity contribution >= 4 is 0 Å². The molecule has 1 aliphatic heterocycles. The zero-order valence-corrected chi connectivity index (χ0v) is 11.0. The summed E-state index contributed by atoms with van der Waals surface area (Å²) in [6.07, 6.45) is 4.04. The molecule has 2 rings (SSSR count). The molecule has 2 heterocycles. The minimum absolute atomic E-state index is 0.180. The van der Waals surface area contributed by atoms with Gasteiger partial charge in [0.1, 0.15) is 0 Å². The summed E-state index contributed by atoms with van der Waals surface area (Å²) in [6, 6.07) is 6.09. The van der Waals surface area contributed by atoms with Crippen molar-refractivity contribution in [3.8, 4) is 0 Å². The Kier molecular flexibility index (Phi) is 5.11. The maximum Gasteiger partial charge on any atom is 0.0791 e. The molecule has 0 aliphatic carbocycles. The Labute approximate surface area is 109 Å². The molecule has 2 atom stereocenters. The molecule has 1 fully saturated rings. The van der Waals surface area contributed by atoms with Crippen LogP contribution >= 0.6 is 0 Å².